The highest BCUT2D eigenvalue weighted by atomic mass is 16.2. The topological polar surface area (TPSA) is 35.6 Å². The molecule has 4 heteroatoms. The molecule has 0 aromatic heterocycles. The highest BCUT2D eigenvalue weighted by Crippen LogP contribution is 2.15. The van der Waals surface area contributed by atoms with Crippen LogP contribution in [0.3, 0.4) is 0 Å². The number of nitrogens with zero attached hydrogens (tertiary/aromatic N) is 2. The second kappa shape index (κ2) is 5.15. The molecule has 92 valence electrons. The summed E-state index contributed by atoms with van der Waals surface area (Å²) >= 11 is 0. The lowest BCUT2D eigenvalue weighted by Crippen LogP contribution is -2.43. The van der Waals surface area contributed by atoms with Crippen LogP contribution < -0.4 is 5.32 Å². The zero-order valence-electron chi connectivity index (χ0n) is 10.4. The molecule has 2 rings (SSSR count). The minimum absolute atomic E-state index is 0.0808. The Labute approximate surface area is 98.0 Å². The Bertz CT molecular complexity index is 257. The SMILES string of the molecule is CN1CCCC(CNC2CCN(C)C2=O)C1. The monoisotopic (exact) mass is 225 g/mol. The van der Waals surface area contributed by atoms with Crippen molar-refractivity contribution >= 4 is 5.91 Å². The maximum absolute atomic E-state index is 11.7. The van der Waals surface area contributed by atoms with Crippen molar-refractivity contribution in [1.29, 1.82) is 0 Å². The van der Waals surface area contributed by atoms with E-state index in [1.165, 1.54) is 25.9 Å². The van der Waals surface area contributed by atoms with Gasteiger partial charge in [0.1, 0.15) is 0 Å². The summed E-state index contributed by atoms with van der Waals surface area (Å²) in [7, 11) is 4.07. The van der Waals surface area contributed by atoms with E-state index in [1.807, 2.05) is 11.9 Å². The number of hydrogen-bond donors (Lipinski definition) is 1. The van der Waals surface area contributed by atoms with Crippen molar-refractivity contribution in [1.82, 2.24) is 15.1 Å². The Morgan fingerprint density at radius 1 is 1.31 bits per heavy atom. The average molecular weight is 225 g/mol. The Kier molecular flexibility index (Phi) is 3.82. The number of nitrogens with one attached hydrogen (secondary N) is 1. The van der Waals surface area contributed by atoms with Crippen molar-refractivity contribution in [2.45, 2.75) is 25.3 Å². The molecule has 2 fully saturated rings. The van der Waals surface area contributed by atoms with E-state index in [-0.39, 0.29) is 11.9 Å². The first kappa shape index (κ1) is 11.9. The fraction of sp³-hybridized carbons (Fsp3) is 0.917. The maximum atomic E-state index is 11.7. The highest BCUT2D eigenvalue weighted by molar-refractivity contribution is 5.83. The summed E-state index contributed by atoms with van der Waals surface area (Å²) in [5.74, 6) is 0.988. The number of hydrogen-bond acceptors (Lipinski definition) is 3. The number of carbonyl (C=O) groups is 1. The molecule has 0 bridgehead atoms. The standard InChI is InChI=1S/C12H23N3O/c1-14-6-3-4-10(9-14)8-13-11-5-7-15(2)12(11)16/h10-11,13H,3-9H2,1-2H3. The van der Waals surface area contributed by atoms with Gasteiger partial charge in [0.2, 0.25) is 5.91 Å². The van der Waals surface area contributed by atoms with E-state index in [9.17, 15) is 4.79 Å². The fourth-order valence-electron chi connectivity index (χ4n) is 2.76. The maximum Gasteiger partial charge on any atom is 0.239 e. The van der Waals surface area contributed by atoms with E-state index in [0.29, 0.717) is 0 Å². The molecule has 2 unspecified atom stereocenters. The van der Waals surface area contributed by atoms with E-state index in [2.05, 4.69) is 17.3 Å². The summed E-state index contributed by atoms with van der Waals surface area (Å²) in [5, 5.41) is 3.43. The van der Waals surface area contributed by atoms with Gasteiger partial charge in [-0.25, -0.2) is 0 Å². The van der Waals surface area contributed by atoms with Crippen molar-refractivity contribution in [3.63, 3.8) is 0 Å². The van der Waals surface area contributed by atoms with E-state index < -0.39 is 0 Å². The molecule has 4 nitrogen and oxygen atoms in total. The number of carbonyl (C=O) groups excluding carboxylic acids is 1. The summed E-state index contributed by atoms with van der Waals surface area (Å²) in [4.78, 5) is 15.9. The minimum atomic E-state index is 0.0808. The molecule has 0 aromatic rings. The second-order valence-corrected chi connectivity index (χ2v) is 5.28. The Balaban J connectivity index is 1.73. The van der Waals surface area contributed by atoms with Crippen LogP contribution in [0.5, 0.6) is 0 Å². The zero-order chi connectivity index (χ0) is 11.5. The average Bonchev–Trinajstić information content (AvgIpc) is 2.57. The Hall–Kier alpha value is -0.610. The van der Waals surface area contributed by atoms with Gasteiger partial charge in [0.15, 0.2) is 0 Å². The molecule has 2 aliphatic rings. The van der Waals surface area contributed by atoms with E-state index >= 15 is 0 Å². The molecule has 1 amide bonds. The first-order chi connectivity index (χ1) is 7.66. The number of piperidine rings is 1. The van der Waals surface area contributed by atoms with Crippen LogP contribution in [0.25, 0.3) is 0 Å². The number of likely N-dealkylation sites (N-methyl/N-ethyl adjacent to an activating group) is 1. The van der Waals surface area contributed by atoms with E-state index in [0.717, 1.165) is 25.4 Å². The first-order valence-electron chi connectivity index (χ1n) is 6.33. The van der Waals surface area contributed by atoms with Gasteiger partial charge in [-0.1, -0.05) is 0 Å². The summed E-state index contributed by atoms with van der Waals surface area (Å²) in [6, 6.07) is 0.0808. The first-order valence-corrected chi connectivity index (χ1v) is 6.33. The summed E-state index contributed by atoms with van der Waals surface area (Å²) < 4.78 is 0. The molecule has 2 heterocycles. The van der Waals surface area contributed by atoms with Gasteiger partial charge in [-0.05, 0) is 45.3 Å². The molecule has 2 saturated heterocycles. The smallest absolute Gasteiger partial charge is 0.239 e. The molecule has 0 spiro atoms. The van der Waals surface area contributed by atoms with Gasteiger partial charge in [0.25, 0.3) is 0 Å². The van der Waals surface area contributed by atoms with Crippen LogP contribution in [-0.4, -0.2) is 62.0 Å². The van der Waals surface area contributed by atoms with Crippen LogP contribution in [0.1, 0.15) is 19.3 Å². The van der Waals surface area contributed by atoms with Gasteiger partial charge in [-0.2, -0.15) is 0 Å². The van der Waals surface area contributed by atoms with Crippen molar-refractivity contribution in [3.8, 4) is 0 Å². The molecule has 0 aromatic carbocycles. The normalized spacial score (nSPS) is 32.4. The van der Waals surface area contributed by atoms with Crippen LogP contribution in [-0.2, 0) is 4.79 Å². The molecule has 0 aliphatic carbocycles. The van der Waals surface area contributed by atoms with Crippen LogP contribution in [0, 0.1) is 5.92 Å². The highest BCUT2D eigenvalue weighted by Gasteiger charge is 2.29. The van der Waals surface area contributed by atoms with Crippen LogP contribution in [0.15, 0.2) is 0 Å². The van der Waals surface area contributed by atoms with Gasteiger partial charge >= 0.3 is 0 Å². The summed E-state index contributed by atoms with van der Waals surface area (Å²) in [5.41, 5.74) is 0. The van der Waals surface area contributed by atoms with Gasteiger partial charge in [-0.3, -0.25) is 4.79 Å². The third-order valence-electron chi connectivity index (χ3n) is 3.80. The van der Waals surface area contributed by atoms with Crippen LogP contribution in [0.4, 0.5) is 0 Å². The predicted molar refractivity (Wildman–Crippen MR) is 64.3 cm³/mol. The molecule has 0 radical (unpaired) electrons. The lowest BCUT2D eigenvalue weighted by Gasteiger charge is -2.30. The van der Waals surface area contributed by atoms with Gasteiger partial charge in [0, 0.05) is 20.1 Å². The third kappa shape index (κ3) is 2.74. The molecule has 1 N–H and O–H groups in total. The van der Waals surface area contributed by atoms with Gasteiger partial charge in [-0.15, -0.1) is 0 Å². The van der Waals surface area contributed by atoms with Crippen LogP contribution in [0.2, 0.25) is 0 Å². The third-order valence-corrected chi connectivity index (χ3v) is 3.80. The van der Waals surface area contributed by atoms with E-state index in [1.54, 1.807) is 0 Å². The predicted octanol–water partition coefficient (Wildman–Crippen LogP) is 0.149. The van der Waals surface area contributed by atoms with Crippen molar-refractivity contribution in [2.24, 2.45) is 5.92 Å². The fourth-order valence-corrected chi connectivity index (χ4v) is 2.76. The molecule has 2 atom stereocenters. The largest absolute Gasteiger partial charge is 0.344 e. The van der Waals surface area contributed by atoms with Crippen molar-refractivity contribution in [2.75, 3.05) is 40.3 Å². The lowest BCUT2D eigenvalue weighted by atomic mass is 9.98. The molecule has 0 saturated carbocycles. The van der Waals surface area contributed by atoms with Gasteiger partial charge in [0.05, 0.1) is 6.04 Å². The number of rotatable bonds is 3. The van der Waals surface area contributed by atoms with Crippen molar-refractivity contribution < 1.29 is 4.79 Å². The quantitative estimate of drug-likeness (QED) is 0.742. The molecular weight excluding hydrogens is 202 g/mol. The number of amides is 1. The van der Waals surface area contributed by atoms with Crippen LogP contribution >= 0.6 is 0 Å². The van der Waals surface area contributed by atoms with Crippen molar-refractivity contribution in [3.05, 3.63) is 0 Å². The number of likely N-dealkylation sites (tertiary alicyclic amines) is 2. The zero-order valence-corrected chi connectivity index (χ0v) is 10.4. The second-order valence-electron chi connectivity index (χ2n) is 5.28. The Morgan fingerprint density at radius 2 is 2.12 bits per heavy atom. The minimum Gasteiger partial charge on any atom is -0.344 e. The lowest BCUT2D eigenvalue weighted by molar-refractivity contribution is -0.128. The molecular formula is C12H23N3O. The van der Waals surface area contributed by atoms with E-state index in [4.69, 9.17) is 0 Å². The molecule has 16 heavy (non-hydrogen) atoms. The summed E-state index contributed by atoms with van der Waals surface area (Å²) in [6.45, 7) is 4.29. The Morgan fingerprint density at radius 3 is 2.75 bits per heavy atom. The summed E-state index contributed by atoms with van der Waals surface area (Å²) in [6.07, 6.45) is 3.56. The molecule has 2 aliphatic heterocycles. The van der Waals surface area contributed by atoms with Gasteiger partial charge < -0.3 is 15.1 Å².